The SMILES string of the molecule is CC(CS(=O)(=O)N1C(C)(C)CCCC1(C)C)C1CCC(C)C(S(=O)(=O)N2C(C)(C)CCCC2(C)C)C1. The first-order valence-corrected chi connectivity index (χ1v) is 17.3. The van der Waals surface area contributed by atoms with Gasteiger partial charge in [0.25, 0.3) is 0 Å². The van der Waals surface area contributed by atoms with E-state index in [0.717, 1.165) is 51.4 Å². The number of piperidine rings is 2. The maximum absolute atomic E-state index is 14.3. The molecule has 1 aliphatic carbocycles. The molecule has 0 bridgehead atoms. The van der Waals surface area contributed by atoms with Crippen LogP contribution in [0.15, 0.2) is 0 Å². The van der Waals surface area contributed by atoms with Gasteiger partial charge in [0.2, 0.25) is 20.0 Å². The van der Waals surface area contributed by atoms with E-state index in [-0.39, 0.29) is 23.5 Å². The maximum atomic E-state index is 14.3. The van der Waals surface area contributed by atoms with Crippen LogP contribution in [-0.2, 0) is 20.0 Å². The zero-order valence-corrected chi connectivity index (χ0v) is 26.4. The standard InChI is InChI=1S/C28H54N2O4S2/c1-21-13-14-23(19-24(21)36(33,34)30-27(7,8)17-12-18-28(30,9)10)22(2)20-35(31,32)29-25(3,4)15-11-16-26(29,5)6/h21-24H,11-20H2,1-10H3. The third-order valence-corrected chi connectivity index (χ3v) is 15.1. The average molecular weight is 547 g/mol. The summed E-state index contributed by atoms with van der Waals surface area (Å²) >= 11 is 0. The Morgan fingerprint density at radius 3 is 1.58 bits per heavy atom. The van der Waals surface area contributed by atoms with Crippen LogP contribution in [0.5, 0.6) is 0 Å². The summed E-state index contributed by atoms with van der Waals surface area (Å²) < 4.78 is 59.8. The molecule has 3 rings (SSSR count). The van der Waals surface area contributed by atoms with Crippen LogP contribution in [-0.4, -0.2) is 58.6 Å². The molecule has 0 spiro atoms. The van der Waals surface area contributed by atoms with E-state index in [0.29, 0.717) is 6.42 Å². The fourth-order valence-corrected chi connectivity index (χ4v) is 14.1. The molecular weight excluding hydrogens is 492 g/mol. The summed E-state index contributed by atoms with van der Waals surface area (Å²) in [6.45, 7) is 20.5. The molecule has 1 saturated carbocycles. The van der Waals surface area contributed by atoms with Gasteiger partial charge < -0.3 is 0 Å². The van der Waals surface area contributed by atoms with Gasteiger partial charge in [0.1, 0.15) is 0 Å². The molecule has 4 unspecified atom stereocenters. The highest BCUT2D eigenvalue weighted by Crippen LogP contribution is 2.47. The van der Waals surface area contributed by atoms with E-state index in [9.17, 15) is 16.8 Å². The number of nitrogens with zero attached hydrogens (tertiary/aromatic N) is 2. The molecule has 0 N–H and O–H groups in total. The predicted octanol–water partition coefficient (Wildman–Crippen LogP) is 6.17. The van der Waals surface area contributed by atoms with Gasteiger partial charge in [0.15, 0.2) is 0 Å². The van der Waals surface area contributed by atoms with Gasteiger partial charge >= 0.3 is 0 Å². The third kappa shape index (κ3) is 5.72. The van der Waals surface area contributed by atoms with E-state index < -0.39 is 47.5 Å². The minimum absolute atomic E-state index is 0.0727. The predicted molar refractivity (Wildman–Crippen MR) is 150 cm³/mol. The van der Waals surface area contributed by atoms with Crippen molar-refractivity contribution in [2.75, 3.05) is 5.75 Å². The van der Waals surface area contributed by atoms with Gasteiger partial charge in [0, 0.05) is 22.2 Å². The van der Waals surface area contributed by atoms with Crippen LogP contribution in [0.2, 0.25) is 0 Å². The van der Waals surface area contributed by atoms with Crippen molar-refractivity contribution < 1.29 is 16.8 Å². The second-order valence-electron chi connectivity index (χ2n) is 14.9. The van der Waals surface area contributed by atoms with Gasteiger partial charge in [-0.3, -0.25) is 0 Å². The van der Waals surface area contributed by atoms with Crippen LogP contribution < -0.4 is 0 Å². The van der Waals surface area contributed by atoms with Crippen LogP contribution in [0.1, 0.15) is 127 Å². The quantitative estimate of drug-likeness (QED) is 0.399. The Bertz CT molecular complexity index is 982. The topological polar surface area (TPSA) is 74.8 Å². The van der Waals surface area contributed by atoms with Crippen molar-refractivity contribution in [1.29, 1.82) is 0 Å². The molecule has 3 fully saturated rings. The van der Waals surface area contributed by atoms with Crippen molar-refractivity contribution in [3.63, 3.8) is 0 Å². The lowest BCUT2D eigenvalue weighted by Gasteiger charge is -2.53. The first-order valence-electron chi connectivity index (χ1n) is 14.2. The molecule has 0 aromatic carbocycles. The molecular formula is C28H54N2O4S2. The zero-order chi connectivity index (χ0) is 27.5. The van der Waals surface area contributed by atoms with Gasteiger partial charge in [0.05, 0.1) is 11.0 Å². The van der Waals surface area contributed by atoms with Gasteiger partial charge in [-0.15, -0.1) is 0 Å². The minimum Gasteiger partial charge on any atom is -0.212 e. The van der Waals surface area contributed by atoms with Crippen molar-refractivity contribution >= 4 is 20.0 Å². The van der Waals surface area contributed by atoms with Crippen molar-refractivity contribution in [1.82, 2.24) is 8.61 Å². The molecule has 2 heterocycles. The number of hydrogen-bond donors (Lipinski definition) is 0. The Balaban J connectivity index is 1.84. The number of sulfonamides is 2. The van der Waals surface area contributed by atoms with Crippen molar-refractivity contribution in [2.24, 2.45) is 17.8 Å². The Morgan fingerprint density at radius 1 is 0.722 bits per heavy atom. The van der Waals surface area contributed by atoms with Crippen LogP contribution in [0.25, 0.3) is 0 Å². The Kier molecular flexibility index (Phi) is 8.25. The summed E-state index contributed by atoms with van der Waals surface area (Å²) in [4.78, 5) is 0. The van der Waals surface area contributed by atoms with Crippen LogP contribution in [0.4, 0.5) is 0 Å². The molecule has 36 heavy (non-hydrogen) atoms. The van der Waals surface area contributed by atoms with E-state index in [1.165, 1.54) is 0 Å². The molecule has 8 heteroatoms. The molecule has 2 saturated heterocycles. The van der Waals surface area contributed by atoms with Gasteiger partial charge in [-0.25, -0.2) is 16.8 Å². The Labute approximate surface area is 223 Å². The fourth-order valence-electron chi connectivity index (χ4n) is 8.32. The lowest BCUT2D eigenvalue weighted by atomic mass is 9.77. The summed E-state index contributed by atoms with van der Waals surface area (Å²) in [6, 6.07) is 0. The summed E-state index contributed by atoms with van der Waals surface area (Å²) in [5.41, 5.74) is -1.63. The van der Waals surface area contributed by atoms with Crippen LogP contribution in [0.3, 0.4) is 0 Å². The van der Waals surface area contributed by atoms with Gasteiger partial charge in [-0.2, -0.15) is 8.61 Å². The van der Waals surface area contributed by atoms with Gasteiger partial charge in [-0.1, -0.05) is 13.8 Å². The summed E-state index contributed by atoms with van der Waals surface area (Å²) in [5, 5.41) is -0.457. The van der Waals surface area contributed by atoms with E-state index in [1.807, 2.05) is 38.9 Å². The molecule has 6 nitrogen and oxygen atoms in total. The van der Waals surface area contributed by atoms with Gasteiger partial charge in [-0.05, 0) is 131 Å². The largest absolute Gasteiger partial charge is 0.218 e. The lowest BCUT2D eigenvalue weighted by molar-refractivity contribution is 0.0522. The van der Waals surface area contributed by atoms with Crippen LogP contribution >= 0.6 is 0 Å². The van der Waals surface area contributed by atoms with Crippen LogP contribution in [0, 0.1) is 17.8 Å². The molecule has 0 amide bonds. The highest BCUT2D eigenvalue weighted by atomic mass is 32.2. The lowest BCUT2D eigenvalue weighted by Crippen LogP contribution is -2.63. The van der Waals surface area contributed by atoms with E-state index in [4.69, 9.17) is 0 Å². The average Bonchev–Trinajstić information content (AvgIpc) is 2.63. The normalized spacial score (nSPS) is 34.2. The molecule has 0 aromatic rings. The molecule has 4 atom stereocenters. The minimum atomic E-state index is -3.54. The van der Waals surface area contributed by atoms with E-state index in [2.05, 4.69) is 34.6 Å². The summed E-state index contributed by atoms with van der Waals surface area (Å²) in [5.74, 6) is 0.161. The second-order valence-corrected chi connectivity index (χ2v) is 18.7. The Morgan fingerprint density at radius 2 is 1.14 bits per heavy atom. The molecule has 2 aliphatic heterocycles. The fraction of sp³-hybridized carbons (Fsp3) is 1.00. The molecule has 0 aromatic heterocycles. The van der Waals surface area contributed by atoms with E-state index >= 15 is 0 Å². The summed E-state index contributed by atoms with van der Waals surface area (Å²) in [7, 11) is -7.04. The highest BCUT2D eigenvalue weighted by molar-refractivity contribution is 7.90. The Hall–Kier alpha value is -0.180. The van der Waals surface area contributed by atoms with E-state index in [1.54, 1.807) is 4.31 Å². The van der Waals surface area contributed by atoms with Crippen molar-refractivity contribution in [2.45, 2.75) is 154 Å². The first-order chi connectivity index (χ1) is 16.2. The molecule has 212 valence electrons. The smallest absolute Gasteiger partial charge is 0.212 e. The molecule has 3 aliphatic rings. The zero-order valence-electron chi connectivity index (χ0n) is 24.7. The summed E-state index contributed by atoms with van der Waals surface area (Å²) in [6.07, 6.45) is 7.82. The highest BCUT2D eigenvalue weighted by Gasteiger charge is 2.53. The second kappa shape index (κ2) is 9.78. The van der Waals surface area contributed by atoms with Crippen molar-refractivity contribution in [3.05, 3.63) is 0 Å². The molecule has 0 radical (unpaired) electrons. The third-order valence-electron chi connectivity index (χ3n) is 9.71. The number of rotatable bonds is 6. The number of hydrogen-bond acceptors (Lipinski definition) is 4. The first kappa shape index (κ1) is 30.4. The maximum Gasteiger partial charge on any atom is 0.218 e. The van der Waals surface area contributed by atoms with Crippen molar-refractivity contribution in [3.8, 4) is 0 Å². The monoisotopic (exact) mass is 546 g/mol.